The largest absolute Gasteiger partial charge is 0.338 e. The summed E-state index contributed by atoms with van der Waals surface area (Å²) in [6.07, 6.45) is 4.25. The van der Waals surface area contributed by atoms with E-state index in [9.17, 15) is 4.39 Å². The summed E-state index contributed by atoms with van der Waals surface area (Å²) in [4.78, 5) is 16.9. The monoisotopic (exact) mass is 287 g/mol. The Labute approximate surface area is 123 Å². The Bertz CT molecular complexity index is 593. The van der Waals surface area contributed by atoms with Crippen LogP contribution < -0.4 is 4.90 Å². The SMILES string of the molecule is Cc1ncccc1CN1CCN(c2ncc(F)cn2)CC1. The number of hydrogen-bond acceptors (Lipinski definition) is 5. The van der Waals surface area contributed by atoms with Crippen molar-refractivity contribution in [1.29, 1.82) is 0 Å². The Morgan fingerprint density at radius 2 is 1.81 bits per heavy atom. The summed E-state index contributed by atoms with van der Waals surface area (Å²) in [5.41, 5.74) is 2.35. The molecule has 0 aliphatic carbocycles. The van der Waals surface area contributed by atoms with Crippen molar-refractivity contribution in [2.24, 2.45) is 0 Å². The first-order chi connectivity index (χ1) is 10.2. The molecule has 6 heteroatoms. The quantitative estimate of drug-likeness (QED) is 0.859. The molecule has 0 bridgehead atoms. The number of hydrogen-bond donors (Lipinski definition) is 0. The Balaban J connectivity index is 1.58. The summed E-state index contributed by atoms with van der Waals surface area (Å²) in [7, 11) is 0. The number of piperazine rings is 1. The average Bonchev–Trinajstić information content (AvgIpc) is 2.51. The molecule has 3 heterocycles. The number of anilines is 1. The molecule has 1 aliphatic rings. The van der Waals surface area contributed by atoms with E-state index in [4.69, 9.17) is 0 Å². The molecule has 0 atom stereocenters. The van der Waals surface area contributed by atoms with Gasteiger partial charge in [-0.1, -0.05) is 6.07 Å². The van der Waals surface area contributed by atoms with Gasteiger partial charge in [-0.05, 0) is 18.6 Å². The Morgan fingerprint density at radius 3 is 2.48 bits per heavy atom. The molecule has 0 unspecified atom stereocenters. The van der Waals surface area contributed by atoms with Gasteiger partial charge >= 0.3 is 0 Å². The van der Waals surface area contributed by atoms with Crippen LogP contribution in [0.4, 0.5) is 10.3 Å². The summed E-state index contributed by atoms with van der Waals surface area (Å²) in [5.74, 6) is 0.207. The van der Waals surface area contributed by atoms with Crippen molar-refractivity contribution < 1.29 is 4.39 Å². The van der Waals surface area contributed by atoms with Crippen LogP contribution in [0.1, 0.15) is 11.3 Å². The predicted octanol–water partition coefficient (Wildman–Crippen LogP) is 1.64. The molecule has 3 rings (SSSR count). The molecule has 0 N–H and O–H groups in total. The third-order valence-electron chi connectivity index (χ3n) is 3.77. The van der Waals surface area contributed by atoms with Gasteiger partial charge in [-0.3, -0.25) is 9.88 Å². The number of rotatable bonds is 3. The lowest BCUT2D eigenvalue weighted by Gasteiger charge is -2.34. The molecule has 1 aliphatic heterocycles. The van der Waals surface area contributed by atoms with Gasteiger partial charge in [-0.2, -0.15) is 0 Å². The molecule has 1 saturated heterocycles. The van der Waals surface area contributed by atoms with Gasteiger partial charge in [0.25, 0.3) is 0 Å². The maximum Gasteiger partial charge on any atom is 0.225 e. The predicted molar refractivity (Wildman–Crippen MR) is 78.5 cm³/mol. The van der Waals surface area contributed by atoms with Gasteiger partial charge in [0, 0.05) is 44.6 Å². The zero-order valence-corrected chi connectivity index (χ0v) is 12.0. The third-order valence-corrected chi connectivity index (χ3v) is 3.77. The second-order valence-corrected chi connectivity index (χ2v) is 5.21. The van der Waals surface area contributed by atoms with Gasteiger partial charge in [-0.25, -0.2) is 14.4 Å². The first-order valence-corrected chi connectivity index (χ1v) is 7.08. The van der Waals surface area contributed by atoms with E-state index in [-0.39, 0.29) is 0 Å². The first-order valence-electron chi connectivity index (χ1n) is 7.08. The normalized spacial score (nSPS) is 16.2. The van der Waals surface area contributed by atoms with Gasteiger partial charge in [-0.15, -0.1) is 0 Å². The van der Waals surface area contributed by atoms with Crippen LogP contribution in [0, 0.1) is 12.7 Å². The fraction of sp³-hybridized carbons (Fsp3) is 0.400. The molecule has 110 valence electrons. The lowest BCUT2D eigenvalue weighted by Crippen LogP contribution is -2.46. The first kappa shape index (κ1) is 13.9. The van der Waals surface area contributed by atoms with Crippen LogP contribution >= 0.6 is 0 Å². The Morgan fingerprint density at radius 1 is 1.10 bits per heavy atom. The molecule has 1 fully saturated rings. The third kappa shape index (κ3) is 3.33. The summed E-state index contributed by atoms with van der Waals surface area (Å²) >= 11 is 0. The second kappa shape index (κ2) is 6.13. The van der Waals surface area contributed by atoms with Crippen molar-refractivity contribution >= 4 is 5.95 Å². The van der Waals surface area contributed by atoms with Gasteiger partial charge in [0.15, 0.2) is 5.82 Å². The van der Waals surface area contributed by atoms with E-state index in [2.05, 4.69) is 30.8 Å². The highest BCUT2D eigenvalue weighted by atomic mass is 19.1. The van der Waals surface area contributed by atoms with Gasteiger partial charge in [0.05, 0.1) is 12.4 Å². The molecule has 2 aromatic rings. The fourth-order valence-corrected chi connectivity index (χ4v) is 2.50. The Hall–Kier alpha value is -2.08. The minimum absolute atomic E-state index is 0.399. The molecule has 0 spiro atoms. The molecule has 5 nitrogen and oxygen atoms in total. The van der Waals surface area contributed by atoms with Crippen LogP contribution in [0.2, 0.25) is 0 Å². The van der Waals surface area contributed by atoms with Gasteiger partial charge in [0.2, 0.25) is 5.95 Å². The van der Waals surface area contributed by atoms with Crippen molar-refractivity contribution in [3.63, 3.8) is 0 Å². The van der Waals surface area contributed by atoms with E-state index in [0.29, 0.717) is 5.95 Å². The maximum atomic E-state index is 12.8. The standard InChI is InChI=1S/C15H18FN5/c1-12-13(3-2-4-17-12)11-20-5-7-21(8-6-20)15-18-9-14(16)10-19-15/h2-4,9-10H,5-8,11H2,1H3. The molecule has 0 radical (unpaired) electrons. The summed E-state index contributed by atoms with van der Waals surface area (Å²) in [6, 6.07) is 4.10. The lowest BCUT2D eigenvalue weighted by atomic mass is 10.2. The van der Waals surface area contributed by atoms with Crippen LogP contribution in [0.3, 0.4) is 0 Å². The second-order valence-electron chi connectivity index (χ2n) is 5.21. The van der Waals surface area contributed by atoms with Crippen molar-refractivity contribution in [2.45, 2.75) is 13.5 Å². The van der Waals surface area contributed by atoms with E-state index in [1.54, 1.807) is 0 Å². The molecule has 0 aromatic carbocycles. The van der Waals surface area contributed by atoms with Crippen LogP contribution in [-0.4, -0.2) is 46.0 Å². The van der Waals surface area contributed by atoms with E-state index < -0.39 is 5.82 Å². The number of pyridine rings is 1. The van der Waals surface area contributed by atoms with Gasteiger partial charge < -0.3 is 4.90 Å². The average molecular weight is 287 g/mol. The Kier molecular flexibility index (Phi) is 4.06. The smallest absolute Gasteiger partial charge is 0.225 e. The van der Waals surface area contributed by atoms with Crippen molar-refractivity contribution in [2.75, 3.05) is 31.1 Å². The van der Waals surface area contributed by atoms with Crippen LogP contribution in [-0.2, 0) is 6.54 Å². The highest BCUT2D eigenvalue weighted by molar-refractivity contribution is 5.29. The molecule has 0 saturated carbocycles. The number of halogens is 1. The molecule has 2 aromatic heterocycles. The lowest BCUT2D eigenvalue weighted by molar-refractivity contribution is 0.248. The highest BCUT2D eigenvalue weighted by Crippen LogP contribution is 2.14. The topological polar surface area (TPSA) is 45.2 Å². The van der Waals surface area contributed by atoms with E-state index in [1.807, 2.05) is 19.2 Å². The van der Waals surface area contributed by atoms with Crippen molar-refractivity contribution in [1.82, 2.24) is 19.9 Å². The molecule has 0 amide bonds. The molecular weight excluding hydrogens is 269 g/mol. The number of nitrogens with zero attached hydrogens (tertiary/aromatic N) is 5. The number of aromatic nitrogens is 3. The van der Waals surface area contributed by atoms with E-state index in [1.165, 1.54) is 18.0 Å². The van der Waals surface area contributed by atoms with Crippen molar-refractivity contribution in [3.8, 4) is 0 Å². The van der Waals surface area contributed by atoms with Crippen LogP contribution in [0.15, 0.2) is 30.7 Å². The maximum absolute atomic E-state index is 12.8. The molecular formula is C15H18FN5. The summed E-state index contributed by atoms with van der Waals surface area (Å²) in [5, 5.41) is 0. The zero-order chi connectivity index (χ0) is 14.7. The highest BCUT2D eigenvalue weighted by Gasteiger charge is 2.19. The number of aryl methyl sites for hydroxylation is 1. The summed E-state index contributed by atoms with van der Waals surface area (Å²) in [6.45, 7) is 6.54. The van der Waals surface area contributed by atoms with E-state index in [0.717, 1.165) is 38.4 Å². The molecule has 21 heavy (non-hydrogen) atoms. The van der Waals surface area contributed by atoms with Gasteiger partial charge in [0.1, 0.15) is 0 Å². The van der Waals surface area contributed by atoms with Crippen LogP contribution in [0.25, 0.3) is 0 Å². The van der Waals surface area contributed by atoms with Crippen LogP contribution in [0.5, 0.6) is 0 Å². The fourth-order valence-electron chi connectivity index (χ4n) is 2.50. The van der Waals surface area contributed by atoms with E-state index >= 15 is 0 Å². The van der Waals surface area contributed by atoms with Crippen molar-refractivity contribution in [3.05, 3.63) is 47.8 Å². The summed E-state index contributed by atoms with van der Waals surface area (Å²) < 4.78 is 12.8. The minimum atomic E-state index is -0.399. The minimum Gasteiger partial charge on any atom is -0.338 e. The zero-order valence-electron chi connectivity index (χ0n) is 12.0.